The van der Waals surface area contributed by atoms with E-state index in [1.165, 1.54) is 37.1 Å². The summed E-state index contributed by atoms with van der Waals surface area (Å²) >= 11 is 0. The molecule has 0 saturated heterocycles. The normalized spacial score (nSPS) is 14.5. The van der Waals surface area contributed by atoms with Crippen molar-refractivity contribution in [3.8, 4) is 0 Å². The summed E-state index contributed by atoms with van der Waals surface area (Å²) in [7, 11) is 0. The third-order valence-electron chi connectivity index (χ3n) is 2.64. The fourth-order valence-electron chi connectivity index (χ4n) is 1.43. The Morgan fingerprint density at radius 1 is 1.19 bits per heavy atom. The number of aromatic carboxylic acids is 1. The maximum Gasteiger partial charge on any atom is 0.335 e. The van der Waals surface area contributed by atoms with E-state index in [1.807, 2.05) is 0 Å². The van der Waals surface area contributed by atoms with E-state index >= 15 is 0 Å². The van der Waals surface area contributed by atoms with Gasteiger partial charge in [-0.25, -0.2) is 4.79 Å². The number of amides is 1. The highest BCUT2D eigenvalue weighted by Crippen LogP contribution is 2.27. The van der Waals surface area contributed by atoms with Gasteiger partial charge in [0.25, 0.3) is 5.91 Å². The minimum absolute atomic E-state index is 0.135. The van der Waals surface area contributed by atoms with Crippen LogP contribution < -0.4 is 5.32 Å². The van der Waals surface area contributed by atoms with Gasteiger partial charge in [-0.15, -0.1) is 0 Å². The highest BCUT2D eigenvalue weighted by Gasteiger charge is 2.21. The number of rotatable bonds is 4. The number of carboxylic acids is 1. The first-order chi connectivity index (χ1) is 7.66. The molecule has 0 radical (unpaired) electrons. The Labute approximate surface area is 93.3 Å². The first kappa shape index (κ1) is 10.7. The van der Waals surface area contributed by atoms with Crippen molar-refractivity contribution < 1.29 is 14.7 Å². The summed E-state index contributed by atoms with van der Waals surface area (Å²) < 4.78 is 0. The van der Waals surface area contributed by atoms with Crippen LogP contribution in [-0.4, -0.2) is 23.5 Å². The third kappa shape index (κ3) is 2.59. The molecule has 1 aromatic carbocycles. The van der Waals surface area contributed by atoms with Crippen LogP contribution in [0.25, 0.3) is 0 Å². The van der Waals surface area contributed by atoms with E-state index in [1.54, 1.807) is 0 Å². The zero-order chi connectivity index (χ0) is 11.5. The largest absolute Gasteiger partial charge is 0.478 e. The van der Waals surface area contributed by atoms with Crippen molar-refractivity contribution in [1.82, 2.24) is 5.32 Å². The van der Waals surface area contributed by atoms with E-state index in [4.69, 9.17) is 5.11 Å². The molecule has 2 N–H and O–H groups in total. The molecule has 2 rings (SSSR count). The van der Waals surface area contributed by atoms with Gasteiger partial charge in [0.15, 0.2) is 0 Å². The maximum absolute atomic E-state index is 11.6. The molecule has 16 heavy (non-hydrogen) atoms. The number of hydrogen-bond acceptors (Lipinski definition) is 2. The van der Waals surface area contributed by atoms with E-state index in [2.05, 4.69) is 5.32 Å². The Balaban J connectivity index is 1.96. The second-order valence-electron chi connectivity index (χ2n) is 4.04. The number of benzene rings is 1. The Kier molecular flexibility index (Phi) is 2.90. The molecule has 84 valence electrons. The van der Waals surface area contributed by atoms with Crippen LogP contribution in [0.1, 0.15) is 33.6 Å². The molecule has 1 saturated carbocycles. The molecule has 1 amide bonds. The minimum Gasteiger partial charge on any atom is -0.478 e. The quantitative estimate of drug-likeness (QED) is 0.806. The van der Waals surface area contributed by atoms with Gasteiger partial charge in [-0.1, -0.05) is 0 Å². The van der Waals surface area contributed by atoms with E-state index < -0.39 is 5.97 Å². The molecule has 1 aromatic rings. The smallest absolute Gasteiger partial charge is 0.335 e. The topological polar surface area (TPSA) is 66.4 Å². The minimum atomic E-state index is -0.982. The molecule has 0 heterocycles. The summed E-state index contributed by atoms with van der Waals surface area (Å²) in [6, 6.07) is 5.94. The lowest BCUT2D eigenvalue weighted by Crippen LogP contribution is -2.25. The van der Waals surface area contributed by atoms with Gasteiger partial charge in [0.2, 0.25) is 0 Å². The predicted molar refractivity (Wildman–Crippen MR) is 58.5 cm³/mol. The Hall–Kier alpha value is -1.84. The SMILES string of the molecule is O=C(O)c1ccc(C(=O)NCC2CC2)cc1. The van der Waals surface area contributed by atoms with Gasteiger partial charge < -0.3 is 10.4 Å². The molecule has 0 atom stereocenters. The summed E-state index contributed by atoms with van der Waals surface area (Å²) in [5, 5.41) is 11.5. The zero-order valence-electron chi connectivity index (χ0n) is 8.77. The number of hydrogen-bond donors (Lipinski definition) is 2. The van der Waals surface area contributed by atoms with Gasteiger partial charge in [-0.3, -0.25) is 4.79 Å². The summed E-state index contributed by atoms with van der Waals surface area (Å²) in [6.07, 6.45) is 2.39. The van der Waals surface area contributed by atoms with Gasteiger partial charge in [0.1, 0.15) is 0 Å². The molecule has 0 bridgehead atoms. The van der Waals surface area contributed by atoms with Crippen molar-refractivity contribution in [2.24, 2.45) is 5.92 Å². The molecular weight excluding hydrogens is 206 g/mol. The van der Waals surface area contributed by atoms with Crippen molar-refractivity contribution in [3.05, 3.63) is 35.4 Å². The van der Waals surface area contributed by atoms with Crippen molar-refractivity contribution in [2.45, 2.75) is 12.8 Å². The van der Waals surface area contributed by atoms with Gasteiger partial charge >= 0.3 is 5.97 Å². The van der Waals surface area contributed by atoms with Gasteiger partial charge in [0.05, 0.1) is 5.56 Å². The summed E-state index contributed by atoms with van der Waals surface area (Å²) in [5.41, 5.74) is 0.699. The van der Waals surface area contributed by atoms with Crippen LogP contribution in [0, 0.1) is 5.92 Å². The fourth-order valence-corrected chi connectivity index (χ4v) is 1.43. The number of carbonyl (C=O) groups excluding carboxylic acids is 1. The van der Waals surface area contributed by atoms with E-state index in [0.29, 0.717) is 11.5 Å². The summed E-state index contributed by atoms with van der Waals surface area (Å²) in [6.45, 7) is 0.722. The molecule has 4 heteroatoms. The monoisotopic (exact) mass is 219 g/mol. The molecular formula is C12H13NO3. The molecule has 0 spiro atoms. The van der Waals surface area contributed by atoms with Crippen LogP contribution in [0.15, 0.2) is 24.3 Å². The lowest BCUT2D eigenvalue weighted by molar-refractivity contribution is 0.0696. The second kappa shape index (κ2) is 4.35. The van der Waals surface area contributed by atoms with Crippen molar-refractivity contribution >= 4 is 11.9 Å². The predicted octanol–water partition coefficient (Wildman–Crippen LogP) is 1.52. The highest BCUT2D eigenvalue weighted by atomic mass is 16.4. The standard InChI is InChI=1S/C12H13NO3/c14-11(13-7-8-1-2-8)9-3-5-10(6-4-9)12(15)16/h3-6,8H,1-2,7H2,(H,13,14)(H,15,16). The molecule has 1 aliphatic carbocycles. The lowest BCUT2D eigenvalue weighted by Gasteiger charge is -2.04. The van der Waals surface area contributed by atoms with Gasteiger partial charge in [-0.2, -0.15) is 0 Å². The van der Waals surface area contributed by atoms with E-state index in [9.17, 15) is 9.59 Å². The molecule has 1 fully saturated rings. The molecule has 4 nitrogen and oxygen atoms in total. The first-order valence-electron chi connectivity index (χ1n) is 5.28. The summed E-state index contributed by atoms with van der Waals surface area (Å²) in [5.74, 6) is -0.476. The van der Waals surface area contributed by atoms with Crippen LogP contribution >= 0.6 is 0 Å². The van der Waals surface area contributed by atoms with Crippen LogP contribution in [0.4, 0.5) is 0 Å². The second-order valence-corrected chi connectivity index (χ2v) is 4.04. The molecule has 1 aliphatic rings. The van der Waals surface area contributed by atoms with Crippen LogP contribution in [0.2, 0.25) is 0 Å². The Bertz CT molecular complexity index is 407. The summed E-state index contributed by atoms with van der Waals surface area (Å²) in [4.78, 5) is 22.2. The van der Waals surface area contributed by atoms with Crippen LogP contribution in [0.3, 0.4) is 0 Å². The highest BCUT2D eigenvalue weighted by molar-refractivity contribution is 5.95. The molecule has 0 aliphatic heterocycles. The average Bonchev–Trinajstić information content (AvgIpc) is 3.10. The number of carbonyl (C=O) groups is 2. The van der Waals surface area contributed by atoms with E-state index in [0.717, 1.165) is 6.54 Å². The lowest BCUT2D eigenvalue weighted by atomic mass is 10.1. The van der Waals surface area contributed by atoms with Crippen LogP contribution in [-0.2, 0) is 0 Å². The first-order valence-corrected chi connectivity index (χ1v) is 5.28. The van der Waals surface area contributed by atoms with Crippen molar-refractivity contribution in [1.29, 1.82) is 0 Å². The average molecular weight is 219 g/mol. The van der Waals surface area contributed by atoms with Gasteiger partial charge in [-0.05, 0) is 43.0 Å². The van der Waals surface area contributed by atoms with Crippen molar-refractivity contribution in [3.63, 3.8) is 0 Å². The number of nitrogens with one attached hydrogen (secondary N) is 1. The molecule has 0 aromatic heterocycles. The Morgan fingerprint density at radius 3 is 2.25 bits per heavy atom. The van der Waals surface area contributed by atoms with Crippen LogP contribution in [0.5, 0.6) is 0 Å². The van der Waals surface area contributed by atoms with Crippen molar-refractivity contribution in [2.75, 3.05) is 6.54 Å². The zero-order valence-corrected chi connectivity index (χ0v) is 8.77. The fraction of sp³-hybridized carbons (Fsp3) is 0.333. The van der Waals surface area contributed by atoms with Gasteiger partial charge in [0, 0.05) is 12.1 Å². The molecule has 0 unspecified atom stereocenters. The Morgan fingerprint density at radius 2 is 1.75 bits per heavy atom. The maximum atomic E-state index is 11.6. The third-order valence-corrected chi connectivity index (χ3v) is 2.64. The number of carboxylic acid groups (broad SMARTS) is 1. The van der Waals surface area contributed by atoms with E-state index in [-0.39, 0.29) is 11.5 Å².